The predicted molar refractivity (Wildman–Crippen MR) is 166 cm³/mol. The Kier molecular flexibility index (Phi) is 9.25. The first-order valence-corrected chi connectivity index (χ1v) is 16.7. The maximum Gasteiger partial charge on any atom is 0.416 e. The number of anilines is 1. The first kappa shape index (κ1) is 32.7. The Labute approximate surface area is 263 Å². The van der Waals surface area contributed by atoms with Crippen molar-refractivity contribution in [2.24, 2.45) is 5.92 Å². The van der Waals surface area contributed by atoms with Crippen LogP contribution in [0, 0.1) is 5.92 Å². The van der Waals surface area contributed by atoms with E-state index in [0.717, 1.165) is 45.5 Å². The number of thioether (sulfide) groups is 1. The lowest BCUT2D eigenvalue weighted by molar-refractivity contribution is -0.138. The highest BCUT2D eigenvalue weighted by Crippen LogP contribution is 2.50. The van der Waals surface area contributed by atoms with E-state index in [1.165, 1.54) is 25.6 Å². The molecule has 5 atom stereocenters. The zero-order valence-corrected chi connectivity index (χ0v) is 26.7. The molecule has 1 aromatic heterocycles. The number of alkyl halides is 4. The van der Waals surface area contributed by atoms with E-state index in [1.807, 2.05) is 11.8 Å². The first-order chi connectivity index (χ1) is 21.4. The van der Waals surface area contributed by atoms with E-state index in [4.69, 9.17) is 4.74 Å². The van der Waals surface area contributed by atoms with Crippen LogP contribution in [0.15, 0.2) is 28.2 Å². The molecule has 0 amide bonds. The van der Waals surface area contributed by atoms with Crippen molar-refractivity contribution < 1.29 is 26.7 Å². The van der Waals surface area contributed by atoms with Gasteiger partial charge in [0.15, 0.2) is 6.17 Å². The number of hydrogen-bond donors (Lipinski definition) is 1. The second-order valence-electron chi connectivity index (χ2n) is 12.9. The van der Waals surface area contributed by atoms with Gasteiger partial charge in [-0.15, -0.1) is 11.8 Å². The Hall–Kier alpha value is -2.26. The van der Waals surface area contributed by atoms with Crippen molar-refractivity contribution in [1.82, 2.24) is 24.7 Å². The Morgan fingerprint density at radius 2 is 1.91 bits per heavy atom. The van der Waals surface area contributed by atoms with E-state index in [9.17, 15) is 26.7 Å². The van der Waals surface area contributed by atoms with Crippen molar-refractivity contribution in [2.45, 2.75) is 62.1 Å². The highest BCUT2D eigenvalue weighted by Gasteiger charge is 2.42. The van der Waals surface area contributed by atoms with Gasteiger partial charge in [-0.25, -0.2) is 13.6 Å². The molecule has 4 aliphatic heterocycles. The molecule has 0 spiro atoms. The summed E-state index contributed by atoms with van der Waals surface area (Å²) in [6, 6.07) is 1.10. The summed E-state index contributed by atoms with van der Waals surface area (Å²) in [6.07, 6.45) is -6.91. The second kappa shape index (κ2) is 12.7. The summed E-state index contributed by atoms with van der Waals surface area (Å²) in [5.74, 6) is -2.77. The molecule has 0 saturated carbocycles. The summed E-state index contributed by atoms with van der Waals surface area (Å²) in [4.78, 5) is 25.3. The van der Waals surface area contributed by atoms with Gasteiger partial charge in [-0.2, -0.15) is 18.2 Å². The Morgan fingerprint density at radius 1 is 1.20 bits per heavy atom. The van der Waals surface area contributed by atoms with Crippen LogP contribution >= 0.6 is 11.8 Å². The molecule has 2 aromatic rings. The van der Waals surface area contributed by atoms with Crippen LogP contribution in [0.2, 0.25) is 0 Å². The molecule has 5 heterocycles. The molecule has 1 N–H and O–H groups in total. The average Bonchev–Trinajstić information content (AvgIpc) is 2.97. The number of hydrogen-bond acceptors (Lipinski definition) is 8. The molecule has 6 rings (SSSR count). The van der Waals surface area contributed by atoms with Crippen LogP contribution in [0.5, 0.6) is 0 Å². The quantitative estimate of drug-likeness (QED) is 0.419. The van der Waals surface area contributed by atoms with Gasteiger partial charge in [0.25, 0.3) is 0 Å². The highest BCUT2D eigenvalue weighted by molar-refractivity contribution is 7.99. The van der Waals surface area contributed by atoms with Crippen LogP contribution in [0.4, 0.5) is 27.8 Å². The summed E-state index contributed by atoms with van der Waals surface area (Å²) in [6.45, 7) is 15.0. The number of nitrogens with one attached hydrogen (secondary N) is 1. The molecule has 248 valence electrons. The maximum atomic E-state index is 14.9. The average molecular weight is 657 g/mol. The smallest absolute Gasteiger partial charge is 0.378 e. The van der Waals surface area contributed by atoms with Crippen LogP contribution in [-0.2, 0) is 10.9 Å². The Balaban J connectivity index is 1.49. The van der Waals surface area contributed by atoms with Gasteiger partial charge in [0.2, 0.25) is 0 Å². The number of allylic oxidation sites excluding steroid dienone is 1. The third kappa shape index (κ3) is 6.13. The van der Waals surface area contributed by atoms with Gasteiger partial charge in [0.05, 0.1) is 36.4 Å². The fraction of sp³-hybridized carbons (Fsp3) is 0.677. The third-order valence-electron chi connectivity index (χ3n) is 10.1. The Morgan fingerprint density at radius 3 is 2.51 bits per heavy atom. The van der Waals surface area contributed by atoms with Crippen LogP contribution in [-0.4, -0.2) is 109 Å². The second-order valence-corrected chi connectivity index (χ2v) is 13.9. The number of aromatic nitrogens is 2. The molecule has 1 aromatic carbocycles. The molecule has 0 aliphatic carbocycles. The van der Waals surface area contributed by atoms with Gasteiger partial charge in [-0.1, -0.05) is 20.4 Å². The monoisotopic (exact) mass is 656 g/mol. The van der Waals surface area contributed by atoms with E-state index in [-0.39, 0.29) is 28.9 Å². The first-order valence-electron chi connectivity index (χ1n) is 15.7. The van der Waals surface area contributed by atoms with Gasteiger partial charge in [0, 0.05) is 80.4 Å². The molecule has 0 bridgehead atoms. The normalized spacial score (nSPS) is 25.6. The largest absolute Gasteiger partial charge is 0.416 e. The number of ether oxygens (including phenoxy) is 1. The van der Waals surface area contributed by atoms with Crippen molar-refractivity contribution in [2.75, 3.05) is 76.2 Å². The number of rotatable bonds is 8. The topological polar surface area (TPSA) is 65.9 Å². The van der Waals surface area contributed by atoms with Crippen LogP contribution in [0.25, 0.3) is 10.9 Å². The van der Waals surface area contributed by atoms with Gasteiger partial charge in [0.1, 0.15) is 11.6 Å². The van der Waals surface area contributed by atoms with Gasteiger partial charge >= 0.3 is 11.9 Å². The zero-order valence-electron chi connectivity index (χ0n) is 25.9. The number of benzene rings is 1. The predicted octanol–water partition coefficient (Wildman–Crippen LogP) is 4.44. The van der Waals surface area contributed by atoms with E-state index in [0.29, 0.717) is 48.4 Å². The van der Waals surface area contributed by atoms with Crippen LogP contribution < -0.4 is 15.9 Å². The minimum Gasteiger partial charge on any atom is -0.378 e. The molecule has 3 fully saturated rings. The van der Waals surface area contributed by atoms with Crippen LogP contribution in [0.3, 0.4) is 0 Å². The highest BCUT2D eigenvalue weighted by atomic mass is 32.2. The molecule has 0 radical (unpaired) electrons. The summed E-state index contributed by atoms with van der Waals surface area (Å²) in [5.41, 5.74) is -1.12. The Bertz CT molecular complexity index is 1490. The number of halogens is 5. The lowest BCUT2D eigenvalue weighted by atomic mass is 9.82. The molecule has 4 aliphatic rings. The van der Waals surface area contributed by atoms with E-state index >= 15 is 0 Å². The SMILES string of the molecule is C=C(F)C(F)[C@H](C)[C@H](C)c1c(C(F)(F)F)cc2c(N3CCNC[C@@H]3C)nc(=O)n3c2c1SC[C@@H]3CN1CCN(C2COC2)CC1. The molecule has 14 heteroatoms. The minimum atomic E-state index is -4.78. The molecule has 1 unspecified atom stereocenters. The standard InChI is InChI=1S/C31H41F5N6O2S/c1-17-12-37-5-6-41(17)29-23-11-24(31(34,35)36)25(18(2)19(3)26(33)20(4)32)28-27(23)42(30(43)38-29)21(16-45-28)13-39-7-9-40(10-8-39)22-14-44-15-22/h11,17-19,21-22,26,37H,4-10,12-16H2,1-3H3/t17-,18-,19+,21-,26?/m0/s1. The van der Waals surface area contributed by atoms with E-state index in [2.05, 4.69) is 26.7 Å². The minimum absolute atomic E-state index is 0.104. The zero-order chi connectivity index (χ0) is 32.2. The fourth-order valence-corrected chi connectivity index (χ4v) is 8.56. The maximum absolute atomic E-state index is 14.9. The fourth-order valence-electron chi connectivity index (χ4n) is 7.15. The molecular weight excluding hydrogens is 615 g/mol. The van der Waals surface area contributed by atoms with Crippen molar-refractivity contribution >= 4 is 28.5 Å². The lowest BCUT2D eigenvalue weighted by Gasteiger charge is -2.43. The molecule has 45 heavy (non-hydrogen) atoms. The summed E-state index contributed by atoms with van der Waals surface area (Å²) in [5, 5.41) is 3.54. The van der Waals surface area contributed by atoms with Crippen molar-refractivity contribution in [3.05, 3.63) is 40.1 Å². The molecule has 3 saturated heterocycles. The van der Waals surface area contributed by atoms with Gasteiger partial charge in [-0.05, 0) is 24.5 Å². The summed E-state index contributed by atoms with van der Waals surface area (Å²) in [7, 11) is 0. The summed E-state index contributed by atoms with van der Waals surface area (Å²) >= 11 is 1.27. The molecule has 8 nitrogen and oxygen atoms in total. The third-order valence-corrected chi connectivity index (χ3v) is 11.3. The lowest BCUT2D eigenvalue weighted by Crippen LogP contribution is -2.57. The van der Waals surface area contributed by atoms with Gasteiger partial charge in [-0.3, -0.25) is 14.4 Å². The van der Waals surface area contributed by atoms with Gasteiger partial charge < -0.3 is 15.0 Å². The van der Waals surface area contributed by atoms with E-state index in [1.54, 1.807) is 4.57 Å². The van der Waals surface area contributed by atoms with Crippen molar-refractivity contribution in [1.29, 1.82) is 0 Å². The number of nitrogens with zero attached hydrogens (tertiary/aromatic N) is 5. The van der Waals surface area contributed by atoms with Crippen LogP contribution in [0.1, 0.15) is 43.9 Å². The molecular formula is C31H41F5N6O2S. The van der Waals surface area contributed by atoms with E-state index < -0.39 is 41.3 Å². The van der Waals surface area contributed by atoms with Crippen molar-refractivity contribution in [3.63, 3.8) is 0 Å². The summed E-state index contributed by atoms with van der Waals surface area (Å²) < 4.78 is 80.4. The van der Waals surface area contributed by atoms with Crippen molar-refractivity contribution in [3.8, 4) is 0 Å². The number of piperazine rings is 2.